The number of nitrogens with two attached hydrogens (primary N) is 1. The Morgan fingerprint density at radius 1 is 1.46 bits per heavy atom. The molecular formula is C8H17N5. The minimum absolute atomic E-state index is 0.354. The van der Waals surface area contributed by atoms with Crippen LogP contribution in [-0.2, 0) is 0 Å². The van der Waals surface area contributed by atoms with Gasteiger partial charge >= 0.3 is 0 Å². The Morgan fingerprint density at radius 3 is 2.62 bits per heavy atom. The maximum atomic E-state index is 5.38. The van der Waals surface area contributed by atoms with Gasteiger partial charge in [-0.15, -0.1) is 5.10 Å². The van der Waals surface area contributed by atoms with E-state index < -0.39 is 0 Å². The van der Waals surface area contributed by atoms with Crippen LogP contribution >= 0.6 is 0 Å². The highest BCUT2D eigenvalue weighted by molar-refractivity contribution is 5.29. The first-order valence-electron chi connectivity index (χ1n) is 4.68. The van der Waals surface area contributed by atoms with Crippen LogP contribution in [0.3, 0.4) is 0 Å². The predicted octanol–water partition coefficient (Wildman–Crippen LogP) is 1.23. The number of anilines is 2. The average Bonchev–Trinajstić information content (AvgIpc) is 2.53. The summed E-state index contributed by atoms with van der Waals surface area (Å²) in [6.07, 6.45) is 2.34. The van der Waals surface area contributed by atoms with Crippen molar-refractivity contribution in [3.8, 4) is 0 Å². The number of hydrogen-bond acceptors (Lipinski definition) is 4. The van der Waals surface area contributed by atoms with Crippen molar-refractivity contribution in [2.75, 3.05) is 17.6 Å². The molecule has 4 N–H and O–H groups in total. The zero-order valence-corrected chi connectivity index (χ0v) is 8.17. The predicted molar refractivity (Wildman–Crippen MR) is 53.4 cm³/mol. The minimum atomic E-state index is 0.354. The topological polar surface area (TPSA) is 79.6 Å². The molecule has 0 saturated heterocycles. The van der Waals surface area contributed by atoms with Gasteiger partial charge in [-0.2, -0.15) is 4.98 Å². The van der Waals surface area contributed by atoms with E-state index in [1.165, 1.54) is 12.8 Å². The molecule has 0 aliphatic carbocycles. The summed E-state index contributed by atoms with van der Waals surface area (Å²) in [5.41, 5.74) is 5.38. The van der Waals surface area contributed by atoms with Crippen LogP contribution in [0.4, 0.5) is 11.9 Å². The molecule has 0 radical (unpaired) electrons. The number of nitrogens with one attached hydrogen (secondary N) is 2. The van der Waals surface area contributed by atoms with Gasteiger partial charge in [-0.25, -0.2) is 5.10 Å². The van der Waals surface area contributed by atoms with Crippen molar-refractivity contribution in [3.63, 3.8) is 0 Å². The first kappa shape index (κ1) is 9.83. The highest BCUT2D eigenvalue weighted by atomic mass is 15.3. The van der Waals surface area contributed by atoms with E-state index >= 15 is 0 Å². The molecule has 1 heterocycles. The molecule has 1 rings (SSSR count). The summed E-state index contributed by atoms with van der Waals surface area (Å²) in [7, 11) is 0. The van der Waals surface area contributed by atoms with E-state index in [9.17, 15) is 0 Å². The van der Waals surface area contributed by atoms with E-state index in [0.29, 0.717) is 17.8 Å². The quantitative estimate of drug-likeness (QED) is 0.641. The summed E-state index contributed by atoms with van der Waals surface area (Å²) in [6.45, 7) is 5.27. The van der Waals surface area contributed by atoms with E-state index in [-0.39, 0.29) is 0 Å². The van der Waals surface area contributed by atoms with Crippen LogP contribution < -0.4 is 11.1 Å². The first-order valence-corrected chi connectivity index (χ1v) is 4.68. The molecule has 0 saturated carbocycles. The maximum absolute atomic E-state index is 5.38. The van der Waals surface area contributed by atoms with Gasteiger partial charge < -0.3 is 11.1 Å². The minimum Gasteiger partial charge on any atom is -0.368 e. The normalized spacial score (nSPS) is 10.7. The summed E-state index contributed by atoms with van der Waals surface area (Å²) >= 11 is 0. The molecule has 5 heteroatoms. The zero-order chi connectivity index (χ0) is 9.68. The molecule has 0 amide bonds. The summed E-state index contributed by atoms with van der Waals surface area (Å²) in [6, 6.07) is 0. The Hall–Kier alpha value is -1.26. The van der Waals surface area contributed by atoms with Gasteiger partial charge in [-0.3, -0.25) is 0 Å². The molecule has 13 heavy (non-hydrogen) atoms. The van der Waals surface area contributed by atoms with Crippen molar-refractivity contribution in [1.82, 2.24) is 15.2 Å². The second-order valence-electron chi connectivity index (χ2n) is 3.11. The molecule has 1 aromatic rings. The SMILES string of the molecule is CCC(CC)CNc1n[nH]c(N)n1. The summed E-state index contributed by atoms with van der Waals surface area (Å²) in [5, 5.41) is 9.60. The highest BCUT2D eigenvalue weighted by Crippen LogP contribution is 2.08. The fourth-order valence-electron chi connectivity index (χ4n) is 1.17. The number of nitrogens with zero attached hydrogens (tertiary/aromatic N) is 2. The van der Waals surface area contributed by atoms with Crippen LogP contribution in [0.15, 0.2) is 0 Å². The lowest BCUT2D eigenvalue weighted by atomic mass is 10.0. The van der Waals surface area contributed by atoms with Crippen molar-refractivity contribution >= 4 is 11.9 Å². The van der Waals surface area contributed by atoms with E-state index in [4.69, 9.17) is 5.73 Å². The molecule has 0 bridgehead atoms. The Morgan fingerprint density at radius 2 is 2.15 bits per heavy atom. The molecule has 1 aromatic heterocycles. The van der Waals surface area contributed by atoms with Crippen LogP contribution in [0.2, 0.25) is 0 Å². The number of H-pyrrole nitrogens is 1. The summed E-state index contributed by atoms with van der Waals surface area (Å²) < 4.78 is 0. The standard InChI is InChI=1S/C8H17N5/c1-3-6(4-2)5-10-8-11-7(9)12-13-8/h6H,3-5H2,1-2H3,(H4,9,10,11,12,13). The Kier molecular flexibility index (Phi) is 3.54. The molecule has 0 atom stereocenters. The van der Waals surface area contributed by atoms with Crippen molar-refractivity contribution < 1.29 is 0 Å². The third-order valence-corrected chi connectivity index (χ3v) is 2.21. The molecule has 5 nitrogen and oxygen atoms in total. The highest BCUT2D eigenvalue weighted by Gasteiger charge is 2.04. The molecule has 0 aliphatic rings. The Labute approximate surface area is 78.1 Å². The lowest BCUT2D eigenvalue weighted by Gasteiger charge is -2.11. The molecule has 0 spiro atoms. The fraction of sp³-hybridized carbons (Fsp3) is 0.750. The van der Waals surface area contributed by atoms with Crippen molar-refractivity contribution in [2.45, 2.75) is 26.7 Å². The van der Waals surface area contributed by atoms with Crippen molar-refractivity contribution in [3.05, 3.63) is 0 Å². The van der Waals surface area contributed by atoms with Gasteiger partial charge in [0.25, 0.3) is 0 Å². The van der Waals surface area contributed by atoms with Crippen LogP contribution in [-0.4, -0.2) is 21.7 Å². The van der Waals surface area contributed by atoms with Gasteiger partial charge in [-0.05, 0) is 5.92 Å². The maximum Gasteiger partial charge on any atom is 0.243 e. The lowest BCUT2D eigenvalue weighted by Crippen LogP contribution is -2.13. The van der Waals surface area contributed by atoms with Crippen molar-refractivity contribution in [1.29, 1.82) is 0 Å². The van der Waals surface area contributed by atoms with E-state index in [1.807, 2.05) is 0 Å². The fourth-order valence-corrected chi connectivity index (χ4v) is 1.17. The van der Waals surface area contributed by atoms with E-state index in [2.05, 4.69) is 34.3 Å². The van der Waals surface area contributed by atoms with Crippen LogP contribution in [0.5, 0.6) is 0 Å². The van der Waals surface area contributed by atoms with Gasteiger partial charge in [0.1, 0.15) is 0 Å². The lowest BCUT2D eigenvalue weighted by molar-refractivity contribution is 0.518. The first-order chi connectivity index (χ1) is 6.26. The molecule has 74 valence electrons. The monoisotopic (exact) mass is 183 g/mol. The van der Waals surface area contributed by atoms with E-state index in [1.54, 1.807) is 0 Å². The number of aromatic amines is 1. The smallest absolute Gasteiger partial charge is 0.243 e. The number of nitrogen functional groups attached to an aromatic ring is 1. The van der Waals surface area contributed by atoms with Gasteiger partial charge in [-0.1, -0.05) is 26.7 Å². The van der Waals surface area contributed by atoms with Gasteiger partial charge in [0.2, 0.25) is 11.9 Å². The molecule has 0 fully saturated rings. The number of hydrogen-bond donors (Lipinski definition) is 3. The zero-order valence-electron chi connectivity index (χ0n) is 8.17. The average molecular weight is 183 g/mol. The van der Waals surface area contributed by atoms with Gasteiger partial charge in [0, 0.05) is 6.54 Å². The Balaban J connectivity index is 2.33. The number of aromatic nitrogens is 3. The number of rotatable bonds is 5. The second-order valence-corrected chi connectivity index (χ2v) is 3.11. The largest absolute Gasteiger partial charge is 0.368 e. The summed E-state index contributed by atoms with van der Waals surface area (Å²) in [4.78, 5) is 3.95. The third-order valence-electron chi connectivity index (χ3n) is 2.21. The molecule has 0 aromatic carbocycles. The molecule has 0 unspecified atom stereocenters. The molecular weight excluding hydrogens is 166 g/mol. The van der Waals surface area contributed by atoms with Gasteiger partial charge in [0.15, 0.2) is 0 Å². The second kappa shape index (κ2) is 4.69. The third kappa shape index (κ3) is 2.93. The van der Waals surface area contributed by atoms with Crippen LogP contribution in [0.25, 0.3) is 0 Å². The van der Waals surface area contributed by atoms with Crippen molar-refractivity contribution in [2.24, 2.45) is 5.92 Å². The van der Waals surface area contributed by atoms with Crippen LogP contribution in [0, 0.1) is 5.92 Å². The van der Waals surface area contributed by atoms with Gasteiger partial charge in [0.05, 0.1) is 0 Å². The van der Waals surface area contributed by atoms with Crippen LogP contribution in [0.1, 0.15) is 26.7 Å². The molecule has 0 aliphatic heterocycles. The summed E-state index contributed by atoms with van der Waals surface area (Å²) in [5.74, 6) is 1.62. The van der Waals surface area contributed by atoms with E-state index in [0.717, 1.165) is 6.54 Å². The Bertz CT molecular complexity index is 240.